The summed E-state index contributed by atoms with van der Waals surface area (Å²) in [6, 6.07) is 9.65. The molecule has 0 N–H and O–H groups in total. The van der Waals surface area contributed by atoms with Crippen molar-refractivity contribution < 1.29 is 14.1 Å². The van der Waals surface area contributed by atoms with E-state index in [1.807, 2.05) is 37.3 Å². The van der Waals surface area contributed by atoms with Crippen molar-refractivity contribution in [3.8, 4) is 0 Å². The van der Waals surface area contributed by atoms with E-state index in [-0.39, 0.29) is 17.9 Å². The molecular formula is C17H21N3O3. The van der Waals surface area contributed by atoms with Gasteiger partial charge in [0.05, 0.1) is 6.10 Å². The number of hydrogen-bond acceptors (Lipinski definition) is 5. The molecule has 1 fully saturated rings. The Kier molecular flexibility index (Phi) is 4.71. The summed E-state index contributed by atoms with van der Waals surface area (Å²) in [5.41, 5.74) is 0.906. The number of aromatic nitrogens is 2. The molecule has 1 aliphatic rings. The Balaban J connectivity index is 1.65. The lowest BCUT2D eigenvalue weighted by atomic mass is 10.1. The number of anilines is 1. The number of hydrogen-bond donors (Lipinski definition) is 0. The van der Waals surface area contributed by atoms with E-state index < -0.39 is 0 Å². The first kappa shape index (κ1) is 15.7. The van der Waals surface area contributed by atoms with Crippen LogP contribution in [0, 0.1) is 0 Å². The highest BCUT2D eigenvalue weighted by Gasteiger charge is 2.34. The summed E-state index contributed by atoms with van der Waals surface area (Å²) in [5.74, 6) is 1.10. The SMILES string of the molecule is CC[C@@H](C)OCc1nc([C@H]2CC(=O)N(c3ccccc3)C2)no1. The van der Waals surface area contributed by atoms with Gasteiger partial charge in [0, 0.05) is 24.6 Å². The third-order valence-corrected chi connectivity index (χ3v) is 4.11. The summed E-state index contributed by atoms with van der Waals surface area (Å²) in [5, 5.41) is 4.02. The fourth-order valence-corrected chi connectivity index (χ4v) is 2.56. The molecule has 1 saturated heterocycles. The van der Waals surface area contributed by atoms with Gasteiger partial charge in [0.2, 0.25) is 5.91 Å². The molecule has 0 spiro atoms. The van der Waals surface area contributed by atoms with E-state index in [2.05, 4.69) is 17.1 Å². The predicted octanol–water partition coefficient (Wildman–Crippen LogP) is 2.91. The zero-order chi connectivity index (χ0) is 16.2. The van der Waals surface area contributed by atoms with Crippen LogP contribution in [0.2, 0.25) is 0 Å². The van der Waals surface area contributed by atoms with Crippen molar-refractivity contribution in [2.45, 2.75) is 45.3 Å². The molecule has 2 atom stereocenters. The van der Waals surface area contributed by atoms with Gasteiger partial charge < -0.3 is 14.2 Å². The Hall–Kier alpha value is -2.21. The molecule has 2 heterocycles. The molecule has 2 aromatic rings. The molecule has 0 bridgehead atoms. The summed E-state index contributed by atoms with van der Waals surface area (Å²) in [6.07, 6.45) is 1.50. The molecule has 1 amide bonds. The van der Waals surface area contributed by atoms with Crippen LogP contribution in [0.3, 0.4) is 0 Å². The van der Waals surface area contributed by atoms with E-state index in [0.29, 0.717) is 31.3 Å². The molecule has 3 rings (SSSR count). The van der Waals surface area contributed by atoms with Crippen molar-refractivity contribution in [3.05, 3.63) is 42.0 Å². The lowest BCUT2D eigenvalue weighted by molar-refractivity contribution is -0.117. The number of carbonyl (C=O) groups excluding carboxylic acids is 1. The fraction of sp³-hybridized carbons (Fsp3) is 0.471. The van der Waals surface area contributed by atoms with Crippen LogP contribution in [-0.4, -0.2) is 28.7 Å². The van der Waals surface area contributed by atoms with Crippen molar-refractivity contribution >= 4 is 11.6 Å². The Bertz CT molecular complexity index is 656. The molecule has 122 valence electrons. The zero-order valence-electron chi connectivity index (χ0n) is 13.4. The van der Waals surface area contributed by atoms with Gasteiger partial charge in [0.25, 0.3) is 5.89 Å². The van der Waals surface area contributed by atoms with Gasteiger partial charge in [0.1, 0.15) is 6.61 Å². The summed E-state index contributed by atoms with van der Waals surface area (Å²) < 4.78 is 10.8. The first-order valence-electron chi connectivity index (χ1n) is 7.97. The maximum absolute atomic E-state index is 12.2. The van der Waals surface area contributed by atoms with Crippen LogP contribution in [-0.2, 0) is 16.1 Å². The molecule has 0 saturated carbocycles. The first-order valence-corrected chi connectivity index (χ1v) is 7.97. The summed E-state index contributed by atoms with van der Waals surface area (Å²) in [6.45, 7) is 4.95. The van der Waals surface area contributed by atoms with Gasteiger partial charge in [-0.2, -0.15) is 4.98 Å². The minimum absolute atomic E-state index is 0.0381. The molecule has 0 unspecified atom stereocenters. The van der Waals surface area contributed by atoms with Crippen LogP contribution in [0.25, 0.3) is 0 Å². The molecule has 6 heteroatoms. The molecule has 1 aromatic heterocycles. The Morgan fingerprint density at radius 2 is 2.17 bits per heavy atom. The minimum Gasteiger partial charge on any atom is -0.369 e. The second-order valence-corrected chi connectivity index (χ2v) is 5.82. The third-order valence-electron chi connectivity index (χ3n) is 4.11. The van der Waals surface area contributed by atoms with E-state index in [1.54, 1.807) is 4.90 Å². The van der Waals surface area contributed by atoms with Crippen LogP contribution in [0.1, 0.15) is 44.3 Å². The topological polar surface area (TPSA) is 68.5 Å². The highest BCUT2D eigenvalue weighted by Crippen LogP contribution is 2.30. The summed E-state index contributed by atoms with van der Waals surface area (Å²) >= 11 is 0. The zero-order valence-corrected chi connectivity index (χ0v) is 13.4. The maximum atomic E-state index is 12.2. The quantitative estimate of drug-likeness (QED) is 0.820. The number of para-hydroxylation sites is 1. The van der Waals surface area contributed by atoms with Gasteiger partial charge in [-0.1, -0.05) is 30.3 Å². The van der Waals surface area contributed by atoms with Gasteiger partial charge in [-0.25, -0.2) is 0 Å². The van der Waals surface area contributed by atoms with Crippen molar-refractivity contribution in [1.29, 1.82) is 0 Å². The highest BCUT2D eigenvalue weighted by molar-refractivity contribution is 5.96. The van der Waals surface area contributed by atoms with Crippen molar-refractivity contribution in [3.63, 3.8) is 0 Å². The number of ether oxygens (including phenoxy) is 1. The third kappa shape index (κ3) is 3.59. The van der Waals surface area contributed by atoms with Crippen LogP contribution in [0.5, 0.6) is 0 Å². The molecular weight excluding hydrogens is 294 g/mol. The normalized spacial score (nSPS) is 19.3. The fourth-order valence-electron chi connectivity index (χ4n) is 2.56. The molecule has 1 aliphatic heterocycles. The smallest absolute Gasteiger partial charge is 0.252 e. The first-order chi connectivity index (χ1) is 11.2. The van der Waals surface area contributed by atoms with E-state index in [9.17, 15) is 4.79 Å². The average Bonchev–Trinajstić information content (AvgIpc) is 3.20. The number of rotatable bonds is 6. The van der Waals surface area contributed by atoms with E-state index in [0.717, 1.165) is 12.1 Å². The Labute approximate surface area is 135 Å². The monoisotopic (exact) mass is 315 g/mol. The van der Waals surface area contributed by atoms with Gasteiger partial charge in [-0.15, -0.1) is 0 Å². The number of nitrogens with zero attached hydrogens (tertiary/aromatic N) is 3. The van der Waals surface area contributed by atoms with Gasteiger partial charge in [-0.05, 0) is 25.5 Å². The second kappa shape index (κ2) is 6.91. The van der Waals surface area contributed by atoms with Gasteiger partial charge in [0.15, 0.2) is 5.82 Å². The number of amides is 1. The molecule has 23 heavy (non-hydrogen) atoms. The molecule has 0 aliphatic carbocycles. The number of benzene rings is 1. The van der Waals surface area contributed by atoms with Crippen LogP contribution < -0.4 is 4.90 Å². The average molecular weight is 315 g/mol. The van der Waals surface area contributed by atoms with Crippen LogP contribution in [0.4, 0.5) is 5.69 Å². The van der Waals surface area contributed by atoms with E-state index in [4.69, 9.17) is 9.26 Å². The lowest BCUT2D eigenvalue weighted by Gasteiger charge is -2.15. The lowest BCUT2D eigenvalue weighted by Crippen LogP contribution is -2.24. The standard InChI is InChI=1S/C17H21N3O3/c1-3-12(2)22-11-15-18-17(19-23-15)13-9-16(21)20(10-13)14-7-5-4-6-8-14/h4-8,12-13H,3,9-11H2,1-2H3/t12-,13+/m1/s1. The van der Waals surface area contributed by atoms with Gasteiger partial charge in [-0.3, -0.25) is 4.79 Å². The van der Waals surface area contributed by atoms with Crippen molar-refractivity contribution in [2.75, 3.05) is 11.4 Å². The molecule has 0 radical (unpaired) electrons. The van der Waals surface area contributed by atoms with E-state index in [1.165, 1.54) is 0 Å². The summed E-state index contributed by atoms with van der Waals surface area (Å²) in [4.78, 5) is 18.4. The van der Waals surface area contributed by atoms with E-state index >= 15 is 0 Å². The largest absolute Gasteiger partial charge is 0.369 e. The maximum Gasteiger partial charge on any atom is 0.252 e. The van der Waals surface area contributed by atoms with Crippen LogP contribution >= 0.6 is 0 Å². The Morgan fingerprint density at radius 3 is 2.91 bits per heavy atom. The number of carbonyl (C=O) groups is 1. The predicted molar refractivity (Wildman–Crippen MR) is 85.0 cm³/mol. The van der Waals surface area contributed by atoms with Gasteiger partial charge >= 0.3 is 0 Å². The molecule has 1 aromatic carbocycles. The van der Waals surface area contributed by atoms with Crippen molar-refractivity contribution in [2.24, 2.45) is 0 Å². The van der Waals surface area contributed by atoms with Crippen LogP contribution in [0.15, 0.2) is 34.9 Å². The summed E-state index contributed by atoms with van der Waals surface area (Å²) in [7, 11) is 0. The minimum atomic E-state index is -0.0381. The second-order valence-electron chi connectivity index (χ2n) is 5.82. The van der Waals surface area contributed by atoms with Crippen molar-refractivity contribution in [1.82, 2.24) is 10.1 Å². The highest BCUT2D eigenvalue weighted by atomic mass is 16.5. The Morgan fingerprint density at radius 1 is 1.39 bits per heavy atom. The molecule has 6 nitrogen and oxygen atoms in total.